The van der Waals surface area contributed by atoms with Gasteiger partial charge in [-0.3, -0.25) is 9.59 Å². The highest BCUT2D eigenvalue weighted by atomic mass is 32.2. The van der Waals surface area contributed by atoms with Crippen molar-refractivity contribution in [2.75, 3.05) is 29.9 Å². The minimum atomic E-state index is -0.103. The largest absolute Gasteiger partial charge is 0.337 e. The van der Waals surface area contributed by atoms with Crippen LogP contribution in [0.25, 0.3) is 10.1 Å². The highest BCUT2D eigenvalue weighted by Gasteiger charge is 2.20. The molecule has 2 amide bonds. The summed E-state index contributed by atoms with van der Waals surface area (Å²) in [7, 11) is 0. The number of fused-ring (bicyclic) bond motifs is 1. The number of aryl methyl sites for hydroxylation is 2. The number of thiophene rings is 1. The zero-order chi connectivity index (χ0) is 19.7. The van der Waals surface area contributed by atoms with Gasteiger partial charge in [0.1, 0.15) is 0 Å². The number of anilines is 1. The SMILES string of the molecule is Cc1cc(C(=O)N2CCSCC2)ccc1NC(=O)c1sc2ccccc2c1C. The maximum Gasteiger partial charge on any atom is 0.266 e. The molecule has 2 heterocycles. The minimum absolute atomic E-state index is 0.0710. The van der Waals surface area contributed by atoms with Gasteiger partial charge in [0.2, 0.25) is 0 Å². The Labute approximate surface area is 172 Å². The maximum atomic E-state index is 12.8. The average molecular weight is 411 g/mol. The van der Waals surface area contributed by atoms with E-state index in [1.807, 2.05) is 73.0 Å². The van der Waals surface area contributed by atoms with E-state index >= 15 is 0 Å². The zero-order valence-corrected chi connectivity index (χ0v) is 17.6. The molecule has 1 N–H and O–H groups in total. The Kier molecular flexibility index (Phi) is 5.42. The second-order valence-corrected chi connectivity index (χ2v) is 9.22. The second kappa shape index (κ2) is 7.97. The van der Waals surface area contributed by atoms with Crippen LogP contribution in [0.4, 0.5) is 5.69 Å². The molecule has 4 rings (SSSR count). The van der Waals surface area contributed by atoms with Gasteiger partial charge in [0.15, 0.2) is 0 Å². The Balaban J connectivity index is 1.53. The number of hydrogen-bond acceptors (Lipinski definition) is 4. The first-order valence-corrected chi connectivity index (χ1v) is 11.3. The summed E-state index contributed by atoms with van der Waals surface area (Å²) in [5.41, 5.74) is 3.32. The average Bonchev–Trinajstić information content (AvgIpc) is 3.06. The molecule has 0 unspecified atom stereocenters. The normalized spacial score (nSPS) is 14.3. The lowest BCUT2D eigenvalue weighted by atomic mass is 10.1. The van der Waals surface area contributed by atoms with Crippen LogP contribution in [-0.2, 0) is 0 Å². The Morgan fingerprint density at radius 3 is 2.50 bits per heavy atom. The molecule has 1 aliphatic heterocycles. The first kappa shape index (κ1) is 19.0. The topological polar surface area (TPSA) is 49.4 Å². The molecule has 1 aromatic heterocycles. The van der Waals surface area contributed by atoms with Crippen LogP contribution in [-0.4, -0.2) is 41.3 Å². The molecule has 3 aromatic rings. The molecular formula is C22H22N2O2S2. The summed E-state index contributed by atoms with van der Waals surface area (Å²) in [5.74, 6) is 1.95. The van der Waals surface area contributed by atoms with E-state index in [1.54, 1.807) is 0 Å². The Bertz CT molecular complexity index is 1050. The molecule has 144 valence electrons. The number of nitrogens with zero attached hydrogens (tertiary/aromatic N) is 1. The van der Waals surface area contributed by atoms with Crippen molar-refractivity contribution in [3.8, 4) is 0 Å². The summed E-state index contributed by atoms with van der Waals surface area (Å²) in [4.78, 5) is 28.2. The molecule has 0 atom stereocenters. The van der Waals surface area contributed by atoms with Crippen LogP contribution < -0.4 is 5.32 Å². The fourth-order valence-electron chi connectivity index (χ4n) is 3.46. The predicted molar refractivity (Wildman–Crippen MR) is 119 cm³/mol. The smallest absolute Gasteiger partial charge is 0.266 e. The van der Waals surface area contributed by atoms with Crippen molar-refractivity contribution >= 4 is 50.7 Å². The van der Waals surface area contributed by atoms with Gasteiger partial charge in [0.05, 0.1) is 4.88 Å². The minimum Gasteiger partial charge on any atom is -0.337 e. The molecule has 6 heteroatoms. The van der Waals surface area contributed by atoms with Crippen LogP contribution in [0.2, 0.25) is 0 Å². The van der Waals surface area contributed by atoms with Crippen molar-refractivity contribution in [2.24, 2.45) is 0 Å². The predicted octanol–water partition coefficient (Wildman–Crippen LogP) is 4.96. The van der Waals surface area contributed by atoms with Gasteiger partial charge in [-0.25, -0.2) is 0 Å². The molecule has 2 aromatic carbocycles. The highest BCUT2D eigenvalue weighted by molar-refractivity contribution is 7.99. The van der Waals surface area contributed by atoms with Crippen molar-refractivity contribution in [1.29, 1.82) is 0 Å². The maximum absolute atomic E-state index is 12.8. The van der Waals surface area contributed by atoms with E-state index < -0.39 is 0 Å². The number of nitrogens with one attached hydrogen (secondary N) is 1. The van der Waals surface area contributed by atoms with E-state index in [0.29, 0.717) is 5.56 Å². The second-order valence-electron chi connectivity index (χ2n) is 6.94. The molecule has 0 bridgehead atoms. The van der Waals surface area contributed by atoms with Gasteiger partial charge < -0.3 is 10.2 Å². The van der Waals surface area contributed by atoms with Crippen LogP contribution in [0.3, 0.4) is 0 Å². The van der Waals surface area contributed by atoms with Gasteiger partial charge in [0, 0.05) is 40.5 Å². The molecule has 0 radical (unpaired) electrons. The fraction of sp³-hybridized carbons (Fsp3) is 0.273. The van der Waals surface area contributed by atoms with Crippen LogP contribution in [0.5, 0.6) is 0 Å². The van der Waals surface area contributed by atoms with Crippen LogP contribution in [0.15, 0.2) is 42.5 Å². The lowest BCUT2D eigenvalue weighted by Crippen LogP contribution is -2.37. The summed E-state index contributed by atoms with van der Waals surface area (Å²) in [6.07, 6.45) is 0. The fourth-order valence-corrected chi connectivity index (χ4v) is 5.46. The molecule has 0 saturated carbocycles. The highest BCUT2D eigenvalue weighted by Crippen LogP contribution is 2.31. The number of rotatable bonds is 3. The zero-order valence-electron chi connectivity index (χ0n) is 16.0. The monoisotopic (exact) mass is 410 g/mol. The van der Waals surface area contributed by atoms with Crippen molar-refractivity contribution < 1.29 is 9.59 Å². The standard InChI is InChI=1S/C22H22N2O2S2/c1-14-13-16(22(26)24-9-11-27-12-10-24)7-8-18(14)23-21(25)20-15(2)17-5-3-4-6-19(17)28-20/h3-8,13H,9-12H2,1-2H3,(H,23,25). The van der Waals surface area contributed by atoms with E-state index in [4.69, 9.17) is 0 Å². The van der Waals surface area contributed by atoms with Gasteiger partial charge in [-0.2, -0.15) is 11.8 Å². The summed E-state index contributed by atoms with van der Waals surface area (Å²) < 4.78 is 1.11. The van der Waals surface area contributed by atoms with Gasteiger partial charge in [-0.1, -0.05) is 18.2 Å². The van der Waals surface area contributed by atoms with E-state index in [9.17, 15) is 9.59 Å². The van der Waals surface area contributed by atoms with Crippen LogP contribution >= 0.6 is 23.1 Å². The quantitative estimate of drug-likeness (QED) is 0.664. The third kappa shape index (κ3) is 3.66. The third-order valence-electron chi connectivity index (χ3n) is 5.07. The lowest BCUT2D eigenvalue weighted by Gasteiger charge is -2.26. The number of amides is 2. The molecule has 0 spiro atoms. The molecule has 1 fully saturated rings. The number of thioether (sulfide) groups is 1. The van der Waals surface area contributed by atoms with Crippen molar-refractivity contribution in [3.63, 3.8) is 0 Å². The molecule has 28 heavy (non-hydrogen) atoms. The van der Waals surface area contributed by atoms with Gasteiger partial charge >= 0.3 is 0 Å². The molecule has 0 aliphatic carbocycles. The van der Waals surface area contributed by atoms with Crippen LogP contribution in [0.1, 0.15) is 31.2 Å². The van der Waals surface area contributed by atoms with Crippen molar-refractivity contribution in [2.45, 2.75) is 13.8 Å². The summed E-state index contributed by atoms with van der Waals surface area (Å²) in [5, 5.41) is 4.14. The van der Waals surface area contributed by atoms with Gasteiger partial charge in [-0.15, -0.1) is 11.3 Å². The lowest BCUT2D eigenvalue weighted by molar-refractivity contribution is 0.0772. The summed E-state index contributed by atoms with van der Waals surface area (Å²) >= 11 is 3.39. The van der Waals surface area contributed by atoms with E-state index in [2.05, 4.69) is 5.32 Å². The van der Waals surface area contributed by atoms with Gasteiger partial charge in [-0.05, 0) is 54.6 Å². The first-order chi connectivity index (χ1) is 13.5. The number of hydrogen-bond donors (Lipinski definition) is 1. The number of carbonyl (C=O) groups excluding carboxylic acids is 2. The summed E-state index contributed by atoms with van der Waals surface area (Å²) in [6, 6.07) is 13.6. The van der Waals surface area contributed by atoms with E-state index in [-0.39, 0.29) is 11.8 Å². The number of benzene rings is 2. The van der Waals surface area contributed by atoms with Crippen molar-refractivity contribution in [1.82, 2.24) is 4.90 Å². The molecule has 1 saturated heterocycles. The van der Waals surface area contributed by atoms with E-state index in [0.717, 1.165) is 56.4 Å². The Morgan fingerprint density at radius 2 is 1.79 bits per heavy atom. The van der Waals surface area contributed by atoms with Crippen molar-refractivity contribution in [3.05, 3.63) is 64.0 Å². The molecule has 4 nitrogen and oxygen atoms in total. The van der Waals surface area contributed by atoms with Gasteiger partial charge in [0.25, 0.3) is 11.8 Å². The third-order valence-corrected chi connectivity index (χ3v) is 7.28. The summed E-state index contributed by atoms with van der Waals surface area (Å²) in [6.45, 7) is 5.51. The molecular weight excluding hydrogens is 388 g/mol. The van der Waals surface area contributed by atoms with Crippen LogP contribution in [0, 0.1) is 13.8 Å². The molecule has 1 aliphatic rings. The Morgan fingerprint density at radius 1 is 1.04 bits per heavy atom. The first-order valence-electron chi connectivity index (χ1n) is 9.32. The Hall–Kier alpha value is -2.31. The number of carbonyl (C=O) groups is 2. The van der Waals surface area contributed by atoms with E-state index in [1.165, 1.54) is 11.3 Å².